The first-order chi connectivity index (χ1) is 13.5. The van der Waals surface area contributed by atoms with Gasteiger partial charge in [-0.25, -0.2) is 4.98 Å². The van der Waals surface area contributed by atoms with Gasteiger partial charge in [0.15, 0.2) is 0 Å². The highest BCUT2D eigenvalue weighted by Gasteiger charge is 2.17. The zero-order valence-corrected chi connectivity index (χ0v) is 17.7. The van der Waals surface area contributed by atoms with Crippen LogP contribution in [0.3, 0.4) is 0 Å². The van der Waals surface area contributed by atoms with Crippen LogP contribution in [0.15, 0.2) is 30.7 Å². The van der Waals surface area contributed by atoms with Gasteiger partial charge in [0.1, 0.15) is 0 Å². The Labute approximate surface area is 176 Å². The second-order valence-corrected chi connectivity index (χ2v) is 8.03. The molecule has 1 aromatic carbocycles. The highest BCUT2D eigenvalue weighted by atomic mass is 35.5. The lowest BCUT2D eigenvalue weighted by atomic mass is 10.2. The van der Waals surface area contributed by atoms with Crippen LogP contribution in [0, 0.1) is 6.92 Å². The van der Waals surface area contributed by atoms with Gasteiger partial charge in [-0.3, -0.25) is 14.6 Å². The van der Waals surface area contributed by atoms with E-state index in [-0.39, 0.29) is 5.91 Å². The Kier molecular flexibility index (Phi) is 7.73. The number of hydrogen-bond donors (Lipinski definition) is 1. The summed E-state index contributed by atoms with van der Waals surface area (Å²) >= 11 is 12.1. The molecule has 1 fully saturated rings. The summed E-state index contributed by atoms with van der Waals surface area (Å²) in [5.74, 6) is 0.0876. The van der Waals surface area contributed by atoms with Gasteiger partial charge in [0.2, 0.25) is 5.91 Å². The molecule has 1 aliphatic heterocycles. The normalized spacial score (nSPS) is 15.7. The zero-order chi connectivity index (χ0) is 19.9. The number of nitrogens with zero attached hydrogens (tertiary/aromatic N) is 4. The molecule has 0 aliphatic carbocycles. The Bertz CT molecular complexity index is 787. The summed E-state index contributed by atoms with van der Waals surface area (Å²) in [6, 6.07) is 5.82. The molecule has 0 radical (unpaired) electrons. The van der Waals surface area contributed by atoms with Crippen LogP contribution in [0.4, 0.5) is 0 Å². The van der Waals surface area contributed by atoms with Gasteiger partial charge in [0, 0.05) is 65.0 Å². The van der Waals surface area contributed by atoms with E-state index in [1.165, 1.54) is 5.56 Å². The maximum atomic E-state index is 12.0. The molecule has 0 bridgehead atoms. The Morgan fingerprint density at radius 2 is 1.86 bits per heavy atom. The molecule has 1 aromatic heterocycles. The van der Waals surface area contributed by atoms with E-state index >= 15 is 0 Å². The number of amides is 1. The molecule has 1 saturated heterocycles. The van der Waals surface area contributed by atoms with Crippen LogP contribution in [0.1, 0.15) is 17.7 Å². The van der Waals surface area contributed by atoms with E-state index in [4.69, 9.17) is 23.2 Å². The fourth-order valence-corrected chi connectivity index (χ4v) is 3.65. The molecule has 0 atom stereocenters. The third kappa shape index (κ3) is 6.48. The van der Waals surface area contributed by atoms with Crippen molar-refractivity contribution in [2.24, 2.45) is 0 Å². The van der Waals surface area contributed by atoms with E-state index < -0.39 is 0 Å². The lowest BCUT2D eigenvalue weighted by Gasteiger charge is -2.34. The van der Waals surface area contributed by atoms with E-state index in [1.54, 1.807) is 6.33 Å². The quantitative estimate of drug-likeness (QED) is 0.708. The standard InChI is InChI=1S/C20H27Cl2N5O/c1-16-13-27(15-24-16)6-4-20(28)23-5-7-25-8-10-26(11-9-25)14-17-2-3-18(21)19(22)12-17/h2-3,12-13,15H,4-11,14H2,1H3,(H,23,28). The Morgan fingerprint density at radius 3 is 2.54 bits per heavy atom. The number of carbonyl (C=O) groups excluding carboxylic acids is 1. The fraction of sp³-hybridized carbons (Fsp3) is 0.500. The Balaban J connectivity index is 1.30. The van der Waals surface area contributed by atoms with E-state index in [0.29, 0.717) is 29.6 Å². The Morgan fingerprint density at radius 1 is 1.11 bits per heavy atom. The van der Waals surface area contributed by atoms with Crippen molar-refractivity contribution >= 4 is 29.1 Å². The lowest BCUT2D eigenvalue weighted by molar-refractivity contribution is -0.121. The van der Waals surface area contributed by atoms with E-state index in [9.17, 15) is 4.79 Å². The van der Waals surface area contributed by atoms with Gasteiger partial charge in [-0.1, -0.05) is 29.3 Å². The van der Waals surface area contributed by atoms with Gasteiger partial charge in [-0.05, 0) is 24.6 Å². The van der Waals surface area contributed by atoms with Crippen LogP contribution in [0.5, 0.6) is 0 Å². The van der Waals surface area contributed by atoms with Gasteiger partial charge >= 0.3 is 0 Å². The summed E-state index contributed by atoms with van der Waals surface area (Å²) in [5.41, 5.74) is 2.15. The zero-order valence-electron chi connectivity index (χ0n) is 16.2. The van der Waals surface area contributed by atoms with E-state index in [2.05, 4.69) is 20.1 Å². The monoisotopic (exact) mass is 423 g/mol. The summed E-state index contributed by atoms with van der Waals surface area (Å²) in [6.45, 7) is 9.10. The summed E-state index contributed by atoms with van der Waals surface area (Å²) < 4.78 is 1.95. The molecule has 2 heterocycles. The molecule has 1 aliphatic rings. The van der Waals surface area contributed by atoms with E-state index in [1.807, 2.05) is 35.9 Å². The van der Waals surface area contributed by atoms with Crippen LogP contribution in [0.25, 0.3) is 0 Å². The average Bonchev–Trinajstić information content (AvgIpc) is 3.10. The molecular weight excluding hydrogens is 397 g/mol. The second-order valence-electron chi connectivity index (χ2n) is 7.22. The number of hydrogen-bond acceptors (Lipinski definition) is 4. The van der Waals surface area contributed by atoms with Crippen molar-refractivity contribution in [1.29, 1.82) is 0 Å². The van der Waals surface area contributed by atoms with Crippen LogP contribution in [-0.2, 0) is 17.9 Å². The molecule has 0 saturated carbocycles. The molecule has 28 heavy (non-hydrogen) atoms. The summed E-state index contributed by atoms with van der Waals surface area (Å²) in [5, 5.41) is 4.22. The smallest absolute Gasteiger partial charge is 0.221 e. The average molecular weight is 424 g/mol. The van der Waals surface area contributed by atoms with Crippen molar-refractivity contribution in [3.63, 3.8) is 0 Å². The van der Waals surface area contributed by atoms with Gasteiger partial charge in [0.05, 0.1) is 22.1 Å². The largest absolute Gasteiger partial charge is 0.355 e. The van der Waals surface area contributed by atoms with Crippen molar-refractivity contribution in [3.05, 3.63) is 52.0 Å². The number of nitrogens with one attached hydrogen (secondary N) is 1. The van der Waals surface area contributed by atoms with Crippen LogP contribution >= 0.6 is 23.2 Å². The molecule has 1 N–H and O–H groups in total. The van der Waals surface area contributed by atoms with Gasteiger partial charge in [-0.15, -0.1) is 0 Å². The van der Waals surface area contributed by atoms with Crippen LogP contribution < -0.4 is 5.32 Å². The lowest BCUT2D eigenvalue weighted by Crippen LogP contribution is -2.48. The number of rotatable bonds is 8. The molecule has 2 aromatic rings. The fourth-order valence-electron chi connectivity index (χ4n) is 3.33. The number of aromatic nitrogens is 2. The minimum atomic E-state index is 0.0876. The van der Waals surface area contributed by atoms with Crippen molar-refractivity contribution in [2.45, 2.75) is 26.4 Å². The van der Waals surface area contributed by atoms with Crippen molar-refractivity contribution in [3.8, 4) is 0 Å². The maximum absolute atomic E-state index is 12.0. The summed E-state index contributed by atoms with van der Waals surface area (Å²) in [6.07, 6.45) is 4.19. The number of imidazole rings is 1. The van der Waals surface area contributed by atoms with Crippen molar-refractivity contribution in [1.82, 2.24) is 24.7 Å². The molecular formula is C20H27Cl2N5O. The minimum absolute atomic E-state index is 0.0876. The molecule has 8 heteroatoms. The van der Waals surface area contributed by atoms with Crippen molar-refractivity contribution in [2.75, 3.05) is 39.3 Å². The number of carbonyl (C=O) groups is 1. The number of piperazine rings is 1. The van der Waals surface area contributed by atoms with Gasteiger partial charge in [-0.2, -0.15) is 0 Å². The van der Waals surface area contributed by atoms with Crippen LogP contribution in [0.2, 0.25) is 10.0 Å². The number of halogens is 2. The molecule has 1 amide bonds. The molecule has 3 rings (SSSR count). The SMILES string of the molecule is Cc1cn(CCC(=O)NCCN2CCN(Cc3ccc(Cl)c(Cl)c3)CC2)cn1. The minimum Gasteiger partial charge on any atom is -0.355 e. The number of benzene rings is 1. The molecule has 152 valence electrons. The number of aryl methyl sites for hydroxylation is 2. The predicted molar refractivity (Wildman–Crippen MR) is 113 cm³/mol. The van der Waals surface area contributed by atoms with E-state index in [0.717, 1.165) is 45.0 Å². The maximum Gasteiger partial charge on any atom is 0.221 e. The first-order valence-corrected chi connectivity index (χ1v) is 10.4. The van der Waals surface area contributed by atoms with Crippen molar-refractivity contribution < 1.29 is 4.79 Å². The van der Waals surface area contributed by atoms with Gasteiger partial charge < -0.3 is 9.88 Å². The van der Waals surface area contributed by atoms with Crippen LogP contribution in [-0.4, -0.2) is 64.5 Å². The topological polar surface area (TPSA) is 53.4 Å². The highest BCUT2D eigenvalue weighted by Crippen LogP contribution is 2.23. The predicted octanol–water partition coefficient (Wildman–Crippen LogP) is 2.82. The molecule has 6 nitrogen and oxygen atoms in total. The third-order valence-corrected chi connectivity index (χ3v) is 5.70. The third-order valence-electron chi connectivity index (χ3n) is 4.96. The highest BCUT2D eigenvalue weighted by molar-refractivity contribution is 6.42. The summed E-state index contributed by atoms with van der Waals surface area (Å²) in [7, 11) is 0. The first kappa shape index (κ1) is 21.1. The second kappa shape index (κ2) is 10.3. The Hall–Kier alpha value is -1.60. The molecule has 0 spiro atoms. The first-order valence-electron chi connectivity index (χ1n) is 9.63. The van der Waals surface area contributed by atoms with Gasteiger partial charge in [0.25, 0.3) is 0 Å². The molecule has 0 unspecified atom stereocenters. The summed E-state index contributed by atoms with van der Waals surface area (Å²) in [4.78, 5) is 21.0.